The lowest BCUT2D eigenvalue weighted by Crippen LogP contribution is -2.22. The first-order valence-corrected chi connectivity index (χ1v) is 19.1. The number of carbonyl (C=O) groups excluding carboxylic acids is 2. The van der Waals surface area contributed by atoms with E-state index in [1.807, 2.05) is 31.3 Å². The summed E-state index contributed by atoms with van der Waals surface area (Å²) in [6.07, 6.45) is 18.0. The molecule has 0 unspecified atom stereocenters. The number of pyridine rings is 1. The Balaban J connectivity index is 0.000000182. The van der Waals surface area contributed by atoms with Crippen LogP contribution in [0.1, 0.15) is 101 Å². The van der Waals surface area contributed by atoms with Gasteiger partial charge in [0.05, 0.1) is 24.6 Å². The Hall–Kier alpha value is -3.59. The van der Waals surface area contributed by atoms with Crippen LogP contribution in [-0.2, 0) is 35.9 Å². The van der Waals surface area contributed by atoms with Gasteiger partial charge in [0, 0.05) is 36.1 Å². The monoisotopic (exact) mass is 731 g/mol. The van der Waals surface area contributed by atoms with Gasteiger partial charge in [0.15, 0.2) is 0 Å². The molecule has 2 saturated carbocycles. The van der Waals surface area contributed by atoms with Crippen molar-refractivity contribution in [1.82, 2.24) is 4.57 Å². The highest BCUT2D eigenvalue weighted by Gasteiger charge is 2.24. The lowest BCUT2D eigenvalue weighted by Gasteiger charge is -2.25. The van der Waals surface area contributed by atoms with Crippen molar-refractivity contribution in [1.29, 1.82) is 0 Å². The number of hydrogen-bond donors (Lipinski definition) is 2. The third-order valence-corrected chi connectivity index (χ3v) is 10.9. The first-order chi connectivity index (χ1) is 23.8. The molecule has 0 atom stereocenters. The molecule has 262 valence electrons. The number of rotatable bonds is 8. The average Bonchev–Trinajstić information content (AvgIpc) is 3.12. The molecule has 0 spiro atoms. The van der Waals surface area contributed by atoms with Crippen LogP contribution in [0.5, 0.6) is 11.5 Å². The van der Waals surface area contributed by atoms with E-state index in [4.69, 9.17) is 9.47 Å². The molecular formula is C40H50BrN3O5. The molecule has 0 saturated heterocycles. The predicted molar refractivity (Wildman–Crippen MR) is 199 cm³/mol. The number of ether oxygens (including phenoxy) is 2. The molecule has 0 radical (unpaired) electrons. The molecule has 2 fully saturated rings. The molecule has 3 aromatic rings. The third-order valence-electron chi connectivity index (χ3n) is 10.5. The fourth-order valence-corrected chi connectivity index (χ4v) is 8.08. The van der Waals surface area contributed by atoms with Gasteiger partial charge in [0.1, 0.15) is 11.5 Å². The van der Waals surface area contributed by atoms with E-state index in [0.717, 1.165) is 68.2 Å². The molecule has 7 rings (SSSR count). The molecule has 2 N–H and O–H groups in total. The number of benzene rings is 2. The summed E-state index contributed by atoms with van der Waals surface area (Å²) in [6, 6.07) is 10.2. The Kier molecular flexibility index (Phi) is 11.8. The summed E-state index contributed by atoms with van der Waals surface area (Å²) in [5.41, 5.74) is 6.86. The second kappa shape index (κ2) is 16.4. The van der Waals surface area contributed by atoms with Gasteiger partial charge in [-0.2, -0.15) is 0 Å². The highest BCUT2D eigenvalue weighted by Crippen LogP contribution is 2.39. The lowest BCUT2D eigenvalue weighted by atomic mass is 9.90. The average molecular weight is 733 g/mol. The number of carbonyl (C=O) groups is 2. The fraction of sp³-hybridized carbons (Fsp3) is 0.525. The molecule has 4 aliphatic rings. The Morgan fingerprint density at radius 3 is 1.78 bits per heavy atom. The normalized spacial score (nSPS) is 17.9. The number of nitrogens with zero attached hydrogens (tertiary/aromatic N) is 1. The molecule has 9 heteroatoms. The van der Waals surface area contributed by atoms with Crippen molar-refractivity contribution >= 4 is 39.1 Å². The summed E-state index contributed by atoms with van der Waals surface area (Å²) in [4.78, 5) is 35.9. The molecule has 49 heavy (non-hydrogen) atoms. The number of halogens is 1. The van der Waals surface area contributed by atoms with Gasteiger partial charge in [-0.25, -0.2) is 0 Å². The summed E-state index contributed by atoms with van der Waals surface area (Å²) in [5, 5.41) is 5.98. The largest absolute Gasteiger partial charge is 0.491 e. The van der Waals surface area contributed by atoms with Crippen LogP contribution >= 0.6 is 15.9 Å². The van der Waals surface area contributed by atoms with Gasteiger partial charge in [-0.05, 0) is 109 Å². The van der Waals surface area contributed by atoms with Crippen molar-refractivity contribution in [2.24, 2.45) is 18.9 Å². The maximum Gasteiger partial charge on any atom is 0.253 e. The number of amides is 2. The minimum absolute atomic E-state index is 0.0446. The third kappa shape index (κ3) is 8.96. The number of nitrogens with one attached hydrogen (secondary N) is 2. The number of aryl methyl sites for hydroxylation is 4. The zero-order chi connectivity index (χ0) is 34.3. The SMILES string of the molecule is CCc1cc(-c2cc3c(c(OCC4CCCCC4)c2)NC(=O)CC3)cn(C)c1=O.O=C1CCc2cc(Br)cc(OCC3CCCCC3)c2N1. The zero-order valence-corrected chi connectivity index (χ0v) is 30.6. The Morgan fingerprint density at radius 1 is 0.694 bits per heavy atom. The molecule has 3 heterocycles. The summed E-state index contributed by atoms with van der Waals surface area (Å²) >= 11 is 3.53. The minimum atomic E-state index is 0.0446. The highest BCUT2D eigenvalue weighted by atomic mass is 79.9. The predicted octanol–water partition coefficient (Wildman–Crippen LogP) is 8.75. The first kappa shape index (κ1) is 35.2. The van der Waals surface area contributed by atoms with Crippen LogP contribution in [0.15, 0.2) is 45.8 Å². The minimum Gasteiger partial charge on any atom is -0.491 e. The molecule has 0 bridgehead atoms. The van der Waals surface area contributed by atoms with Gasteiger partial charge in [0.25, 0.3) is 5.56 Å². The standard InChI is InChI=1S/C24H30N2O3.C16H20BrNO2/c1-3-17-11-20(14-26(2)24(17)28)19-12-18-9-10-22(27)25-23(18)21(13-19)29-15-16-7-5-4-6-8-16;17-13-8-12-6-7-15(19)18-16(12)14(9-13)20-10-11-4-2-1-3-5-11/h11-14,16H,3-10,15H2,1-2H3,(H,25,27);8-9,11H,1-7,10H2,(H,18,19). The molecule has 2 aliphatic carbocycles. The van der Waals surface area contributed by atoms with Gasteiger partial charge in [0.2, 0.25) is 11.8 Å². The molecule has 1 aromatic heterocycles. The molecule has 2 aliphatic heterocycles. The van der Waals surface area contributed by atoms with E-state index in [9.17, 15) is 14.4 Å². The van der Waals surface area contributed by atoms with Crippen LogP contribution in [0, 0.1) is 11.8 Å². The van der Waals surface area contributed by atoms with Gasteiger partial charge >= 0.3 is 0 Å². The first-order valence-electron chi connectivity index (χ1n) is 18.3. The van der Waals surface area contributed by atoms with Gasteiger partial charge < -0.3 is 24.7 Å². The quantitative estimate of drug-likeness (QED) is 0.242. The maximum absolute atomic E-state index is 12.3. The van der Waals surface area contributed by atoms with Crippen LogP contribution in [0.3, 0.4) is 0 Å². The smallest absolute Gasteiger partial charge is 0.253 e. The summed E-state index contributed by atoms with van der Waals surface area (Å²) < 4.78 is 15.0. The number of fused-ring (bicyclic) bond motifs is 2. The van der Waals surface area contributed by atoms with E-state index in [-0.39, 0.29) is 17.4 Å². The summed E-state index contributed by atoms with van der Waals surface area (Å²) in [5.74, 6) is 2.95. The topological polar surface area (TPSA) is 98.7 Å². The fourth-order valence-electron chi connectivity index (χ4n) is 7.60. The summed E-state index contributed by atoms with van der Waals surface area (Å²) in [7, 11) is 1.80. The molecular weight excluding hydrogens is 682 g/mol. The van der Waals surface area contributed by atoms with E-state index in [2.05, 4.69) is 38.7 Å². The number of hydrogen-bond acceptors (Lipinski definition) is 5. The molecule has 8 nitrogen and oxygen atoms in total. The van der Waals surface area contributed by atoms with Crippen molar-refractivity contribution in [3.05, 3.63) is 68.0 Å². The Labute approximate surface area is 298 Å². The highest BCUT2D eigenvalue weighted by molar-refractivity contribution is 9.10. The Bertz CT molecular complexity index is 1720. The van der Waals surface area contributed by atoms with E-state index in [1.54, 1.807) is 11.6 Å². The molecule has 2 amide bonds. The number of aromatic nitrogens is 1. The number of anilines is 2. The lowest BCUT2D eigenvalue weighted by molar-refractivity contribution is -0.117. The van der Waals surface area contributed by atoms with E-state index >= 15 is 0 Å². The van der Waals surface area contributed by atoms with Crippen molar-refractivity contribution in [2.75, 3.05) is 23.8 Å². The second-order valence-corrected chi connectivity index (χ2v) is 15.1. The van der Waals surface area contributed by atoms with E-state index in [0.29, 0.717) is 44.1 Å². The van der Waals surface area contributed by atoms with Crippen LogP contribution in [0.2, 0.25) is 0 Å². The van der Waals surface area contributed by atoms with Crippen molar-refractivity contribution in [3.8, 4) is 22.6 Å². The van der Waals surface area contributed by atoms with Gasteiger partial charge in [-0.15, -0.1) is 0 Å². The second-order valence-electron chi connectivity index (χ2n) is 14.2. The van der Waals surface area contributed by atoms with Crippen molar-refractivity contribution in [2.45, 2.75) is 103 Å². The summed E-state index contributed by atoms with van der Waals surface area (Å²) in [6.45, 7) is 3.46. The van der Waals surface area contributed by atoms with E-state index < -0.39 is 0 Å². The van der Waals surface area contributed by atoms with Gasteiger partial charge in [-0.1, -0.05) is 61.4 Å². The maximum atomic E-state index is 12.3. The van der Waals surface area contributed by atoms with Crippen LogP contribution in [0.4, 0.5) is 11.4 Å². The van der Waals surface area contributed by atoms with Crippen molar-refractivity contribution in [3.63, 3.8) is 0 Å². The van der Waals surface area contributed by atoms with E-state index in [1.165, 1.54) is 64.2 Å². The van der Waals surface area contributed by atoms with Crippen molar-refractivity contribution < 1.29 is 19.1 Å². The van der Waals surface area contributed by atoms with Crippen LogP contribution in [0.25, 0.3) is 11.1 Å². The molecule has 2 aromatic carbocycles. The zero-order valence-electron chi connectivity index (χ0n) is 29.0. The van der Waals surface area contributed by atoms with Gasteiger partial charge in [-0.3, -0.25) is 14.4 Å². The Morgan fingerprint density at radius 2 is 1.22 bits per heavy atom. The van der Waals surface area contributed by atoms with Crippen LogP contribution in [-0.4, -0.2) is 29.6 Å². The van der Waals surface area contributed by atoms with Crippen LogP contribution < -0.4 is 25.7 Å².